The fraction of sp³-hybridized carbons (Fsp3) is 0.214. The fourth-order valence-electron chi connectivity index (χ4n) is 5.24. The molecule has 1 aliphatic rings. The van der Waals surface area contributed by atoms with Crippen LogP contribution in [0.2, 0.25) is 0 Å². The monoisotopic (exact) mass is 503 g/mol. The Bertz CT molecular complexity index is 1810. The van der Waals surface area contributed by atoms with Gasteiger partial charge < -0.3 is 10.3 Å². The minimum atomic E-state index is 0.0699. The molecule has 10 nitrogen and oxygen atoms in total. The number of imidazole rings is 1. The molecule has 1 amide bonds. The topological polar surface area (TPSA) is 130 Å². The Morgan fingerprint density at radius 2 is 1.97 bits per heavy atom. The average molecular weight is 504 g/mol. The van der Waals surface area contributed by atoms with Crippen LogP contribution >= 0.6 is 0 Å². The van der Waals surface area contributed by atoms with E-state index in [1.165, 1.54) is 0 Å². The first kappa shape index (κ1) is 22.3. The molecule has 0 spiro atoms. The molecule has 10 heteroatoms. The van der Waals surface area contributed by atoms with Crippen LogP contribution in [0.25, 0.3) is 50.4 Å². The number of amides is 1. The number of nitrogens with one attached hydrogen (secondary N) is 3. The largest absolute Gasteiger partial charge is 0.353 e. The van der Waals surface area contributed by atoms with Gasteiger partial charge in [0.15, 0.2) is 0 Å². The first-order chi connectivity index (χ1) is 18.6. The van der Waals surface area contributed by atoms with Crippen molar-refractivity contribution >= 4 is 33.5 Å². The van der Waals surface area contributed by atoms with Crippen molar-refractivity contribution in [2.75, 3.05) is 5.32 Å². The van der Waals surface area contributed by atoms with Crippen molar-refractivity contribution in [1.29, 1.82) is 0 Å². The summed E-state index contributed by atoms with van der Waals surface area (Å²) in [6, 6.07) is 9.79. The predicted molar refractivity (Wildman–Crippen MR) is 145 cm³/mol. The summed E-state index contributed by atoms with van der Waals surface area (Å²) < 4.78 is 1.92. The number of H-pyrrole nitrogens is 2. The zero-order chi connectivity index (χ0) is 25.6. The number of carbonyl (C=O) groups is 1. The Kier molecular flexibility index (Phi) is 5.24. The second kappa shape index (κ2) is 8.91. The lowest BCUT2D eigenvalue weighted by Gasteiger charge is -2.11. The number of anilines is 1. The number of aromatic nitrogens is 8. The third-order valence-electron chi connectivity index (χ3n) is 7.17. The molecule has 7 rings (SSSR count). The number of hydrogen-bond acceptors (Lipinski definition) is 6. The van der Waals surface area contributed by atoms with Crippen molar-refractivity contribution in [2.45, 2.75) is 32.6 Å². The van der Waals surface area contributed by atoms with Crippen LogP contribution in [0.15, 0.2) is 61.4 Å². The maximum absolute atomic E-state index is 12.6. The van der Waals surface area contributed by atoms with Crippen molar-refractivity contribution in [3.8, 4) is 28.5 Å². The van der Waals surface area contributed by atoms with E-state index in [0.29, 0.717) is 11.4 Å². The minimum Gasteiger partial charge on any atom is -0.353 e. The molecule has 0 aromatic carbocycles. The SMILES string of the molecule is Cc1cn(-c2nccc3[nH]c(-c4n[nH]c5ccc(-c6cncc(NC(=O)C7CCCC7)c6)nc45)cc23)cn1. The van der Waals surface area contributed by atoms with Gasteiger partial charge in [0.1, 0.15) is 23.4 Å². The van der Waals surface area contributed by atoms with Gasteiger partial charge in [-0.3, -0.25) is 19.4 Å². The van der Waals surface area contributed by atoms with Crippen LogP contribution in [-0.4, -0.2) is 45.6 Å². The van der Waals surface area contributed by atoms with E-state index in [0.717, 1.165) is 76.1 Å². The van der Waals surface area contributed by atoms with Gasteiger partial charge in [-0.05, 0) is 50.1 Å². The van der Waals surface area contributed by atoms with Crippen LogP contribution in [-0.2, 0) is 4.79 Å². The van der Waals surface area contributed by atoms with E-state index in [1.54, 1.807) is 24.9 Å². The van der Waals surface area contributed by atoms with E-state index in [2.05, 4.69) is 35.5 Å². The van der Waals surface area contributed by atoms with Crippen molar-refractivity contribution in [3.05, 3.63) is 67.1 Å². The van der Waals surface area contributed by atoms with Gasteiger partial charge in [0.2, 0.25) is 5.91 Å². The zero-order valence-corrected chi connectivity index (χ0v) is 20.8. The molecule has 1 fully saturated rings. The summed E-state index contributed by atoms with van der Waals surface area (Å²) in [7, 11) is 0. The molecule has 0 bridgehead atoms. The number of nitrogens with zero attached hydrogens (tertiary/aromatic N) is 6. The molecule has 0 unspecified atom stereocenters. The Morgan fingerprint density at radius 3 is 2.82 bits per heavy atom. The van der Waals surface area contributed by atoms with Gasteiger partial charge in [0.25, 0.3) is 0 Å². The number of rotatable bonds is 5. The number of hydrogen-bond donors (Lipinski definition) is 3. The number of aryl methyl sites for hydroxylation is 1. The molecule has 6 heterocycles. The Morgan fingerprint density at radius 1 is 1.08 bits per heavy atom. The molecular weight excluding hydrogens is 478 g/mol. The molecule has 6 aromatic rings. The second-order valence-electron chi connectivity index (χ2n) is 9.80. The highest BCUT2D eigenvalue weighted by molar-refractivity contribution is 5.96. The van der Waals surface area contributed by atoms with Gasteiger partial charge >= 0.3 is 0 Å². The molecule has 1 aliphatic carbocycles. The lowest BCUT2D eigenvalue weighted by molar-refractivity contribution is -0.119. The standard InChI is InChI=1S/C28H25N9O/c1-16-14-37(15-31-16)27-20-11-24(33-22(20)8-9-30-27)26-25-23(35-36-26)7-6-21(34-25)18-10-19(13-29-12-18)32-28(38)17-4-2-3-5-17/h6-15,17,33H,2-5H2,1H3,(H,32,38)(H,35,36). The first-order valence-corrected chi connectivity index (χ1v) is 12.7. The maximum atomic E-state index is 12.6. The molecule has 0 saturated heterocycles. The molecule has 38 heavy (non-hydrogen) atoms. The molecule has 1 saturated carbocycles. The van der Waals surface area contributed by atoms with E-state index >= 15 is 0 Å². The molecule has 0 atom stereocenters. The number of aromatic amines is 2. The van der Waals surface area contributed by atoms with Crippen molar-refractivity contribution in [1.82, 2.24) is 39.7 Å². The third-order valence-corrected chi connectivity index (χ3v) is 7.17. The smallest absolute Gasteiger partial charge is 0.227 e. The van der Waals surface area contributed by atoms with Crippen LogP contribution in [0.1, 0.15) is 31.4 Å². The summed E-state index contributed by atoms with van der Waals surface area (Å²) in [5, 5.41) is 11.7. The van der Waals surface area contributed by atoms with Gasteiger partial charge in [-0.2, -0.15) is 5.10 Å². The molecule has 6 aromatic heterocycles. The molecule has 3 N–H and O–H groups in total. The normalized spacial score (nSPS) is 14.0. The second-order valence-corrected chi connectivity index (χ2v) is 9.80. The predicted octanol–water partition coefficient (Wildman–Crippen LogP) is 5.19. The lowest BCUT2D eigenvalue weighted by Crippen LogP contribution is -2.20. The summed E-state index contributed by atoms with van der Waals surface area (Å²) >= 11 is 0. The third kappa shape index (κ3) is 3.90. The van der Waals surface area contributed by atoms with Crippen molar-refractivity contribution in [3.63, 3.8) is 0 Å². The molecule has 0 aliphatic heterocycles. The van der Waals surface area contributed by atoms with Gasteiger partial charge in [0, 0.05) is 35.5 Å². The Labute approximate surface area is 217 Å². The summed E-state index contributed by atoms with van der Waals surface area (Å²) in [6.45, 7) is 1.95. The summed E-state index contributed by atoms with van der Waals surface area (Å²) in [6.07, 6.45) is 13.1. The van der Waals surface area contributed by atoms with Gasteiger partial charge in [0.05, 0.1) is 40.0 Å². The molecule has 188 valence electrons. The van der Waals surface area contributed by atoms with Crippen LogP contribution in [0.4, 0.5) is 5.69 Å². The Hall–Kier alpha value is -4.86. The highest BCUT2D eigenvalue weighted by Crippen LogP contribution is 2.32. The summed E-state index contributed by atoms with van der Waals surface area (Å²) in [4.78, 5) is 34.3. The van der Waals surface area contributed by atoms with E-state index in [1.807, 2.05) is 48.0 Å². The van der Waals surface area contributed by atoms with Gasteiger partial charge in [-0.15, -0.1) is 0 Å². The molecular formula is C28H25N9O. The van der Waals surface area contributed by atoms with E-state index in [9.17, 15) is 4.79 Å². The number of fused-ring (bicyclic) bond motifs is 2. The lowest BCUT2D eigenvalue weighted by atomic mass is 10.1. The minimum absolute atomic E-state index is 0.0699. The van der Waals surface area contributed by atoms with E-state index < -0.39 is 0 Å². The highest BCUT2D eigenvalue weighted by atomic mass is 16.1. The van der Waals surface area contributed by atoms with Crippen molar-refractivity contribution < 1.29 is 4.79 Å². The van der Waals surface area contributed by atoms with Gasteiger partial charge in [-0.1, -0.05) is 12.8 Å². The van der Waals surface area contributed by atoms with Crippen LogP contribution in [0, 0.1) is 12.8 Å². The quantitative estimate of drug-likeness (QED) is 0.297. The van der Waals surface area contributed by atoms with Crippen LogP contribution in [0.3, 0.4) is 0 Å². The van der Waals surface area contributed by atoms with Crippen molar-refractivity contribution in [2.24, 2.45) is 5.92 Å². The molecule has 0 radical (unpaired) electrons. The number of carbonyl (C=O) groups excluding carboxylic acids is 1. The summed E-state index contributed by atoms with van der Waals surface area (Å²) in [5.74, 6) is 0.952. The maximum Gasteiger partial charge on any atom is 0.227 e. The fourth-order valence-corrected chi connectivity index (χ4v) is 5.24. The Balaban J connectivity index is 1.24. The average Bonchev–Trinajstić information content (AvgIpc) is 3.74. The van der Waals surface area contributed by atoms with Gasteiger partial charge in [-0.25, -0.2) is 15.0 Å². The van der Waals surface area contributed by atoms with E-state index in [4.69, 9.17) is 4.98 Å². The summed E-state index contributed by atoms with van der Waals surface area (Å²) in [5.41, 5.74) is 7.22. The van der Waals surface area contributed by atoms with E-state index in [-0.39, 0.29) is 11.8 Å². The number of pyridine rings is 3. The first-order valence-electron chi connectivity index (χ1n) is 12.7. The van der Waals surface area contributed by atoms with Crippen LogP contribution < -0.4 is 5.32 Å². The van der Waals surface area contributed by atoms with Crippen LogP contribution in [0.5, 0.6) is 0 Å². The zero-order valence-electron chi connectivity index (χ0n) is 20.8. The highest BCUT2D eigenvalue weighted by Gasteiger charge is 2.23.